The number of hydrogen-bond acceptors (Lipinski definition) is 0. The summed E-state index contributed by atoms with van der Waals surface area (Å²) < 4.78 is 4.73. The summed E-state index contributed by atoms with van der Waals surface area (Å²) in [5.41, 5.74) is 16.8. The van der Waals surface area contributed by atoms with Crippen LogP contribution in [0.15, 0.2) is 116 Å². The molecule has 0 aliphatic heterocycles. The molecule has 2 heteroatoms. The number of aromatic nitrogens is 2. The van der Waals surface area contributed by atoms with Crippen LogP contribution in [0.1, 0.15) is 56.2 Å². The van der Waals surface area contributed by atoms with Crippen LogP contribution in [0.2, 0.25) is 0 Å². The minimum absolute atomic E-state index is 0.412. The van der Waals surface area contributed by atoms with E-state index in [1.165, 1.54) is 78.3 Å². The highest BCUT2D eigenvalue weighted by Gasteiger charge is 2.29. The van der Waals surface area contributed by atoms with E-state index in [0.29, 0.717) is 11.8 Å². The van der Waals surface area contributed by atoms with E-state index in [9.17, 15) is 0 Å². The van der Waals surface area contributed by atoms with Gasteiger partial charge in [-0.25, -0.2) is 4.57 Å². The Bertz CT molecular complexity index is 1980. The molecule has 2 nitrogen and oxygen atoms in total. The Morgan fingerprint density at radius 1 is 0.512 bits per heavy atom. The minimum Gasteiger partial charge on any atom is -0.232 e. The second kappa shape index (κ2) is 10.5. The number of para-hydroxylation sites is 1. The summed E-state index contributed by atoms with van der Waals surface area (Å²) >= 11 is 0. The fourth-order valence-electron chi connectivity index (χ4n) is 7.02. The summed E-state index contributed by atoms with van der Waals surface area (Å²) in [5, 5.41) is 0. The van der Waals surface area contributed by atoms with E-state index in [-0.39, 0.29) is 0 Å². The van der Waals surface area contributed by atoms with Crippen molar-refractivity contribution in [2.75, 3.05) is 0 Å². The number of fused-ring (bicyclic) bond motifs is 8. The molecule has 43 heavy (non-hydrogen) atoms. The molecule has 7 rings (SSSR count). The molecule has 6 aromatic rings. The molecule has 0 fully saturated rings. The molecular formula is C41H39N2+. The van der Waals surface area contributed by atoms with Gasteiger partial charge in [0.05, 0.1) is 12.6 Å². The van der Waals surface area contributed by atoms with Crippen LogP contribution in [0.3, 0.4) is 0 Å². The Morgan fingerprint density at radius 2 is 0.930 bits per heavy atom. The molecule has 0 saturated carbocycles. The summed E-state index contributed by atoms with van der Waals surface area (Å²) in [6.07, 6.45) is 4.45. The van der Waals surface area contributed by atoms with Crippen molar-refractivity contribution in [3.05, 3.63) is 132 Å². The van der Waals surface area contributed by atoms with Crippen LogP contribution in [-0.2, 0) is 7.05 Å². The lowest BCUT2D eigenvalue weighted by Gasteiger charge is -2.24. The van der Waals surface area contributed by atoms with Gasteiger partial charge in [0.1, 0.15) is 18.1 Å². The van der Waals surface area contributed by atoms with Crippen molar-refractivity contribution in [1.82, 2.24) is 4.57 Å². The Balaban J connectivity index is 1.56. The first-order chi connectivity index (χ1) is 20.8. The highest BCUT2D eigenvalue weighted by atomic mass is 15.1. The van der Waals surface area contributed by atoms with E-state index in [2.05, 4.69) is 166 Å². The lowest BCUT2D eigenvalue weighted by molar-refractivity contribution is -0.659. The van der Waals surface area contributed by atoms with E-state index < -0.39 is 0 Å². The van der Waals surface area contributed by atoms with Gasteiger partial charge in [0.25, 0.3) is 5.82 Å². The molecule has 1 aromatic heterocycles. The molecule has 0 unspecified atom stereocenters. The van der Waals surface area contributed by atoms with Crippen LogP contribution in [-0.4, -0.2) is 4.57 Å². The number of hydrogen-bond donors (Lipinski definition) is 0. The number of rotatable bonds is 4. The molecule has 0 amide bonds. The van der Waals surface area contributed by atoms with Crippen molar-refractivity contribution in [3.63, 3.8) is 0 Å². The lowest BCUT2D eigenvalue weighted by Crippen LogP contribution is -2.29. The average molecular weight is 560 g/mol. The van der Waals surface area contributed by atoms with Crippen LogP contribution in [0.25, 0.3) is 61.6 Å². The predicted octanol–water partition coefficient (Wildman–Crippen LogP) is 10.5. The molecule has 1 aliphatic rings. The second-order valence-electron chi connectivity index (χ2n) is 12.5. The van der Waals surface area contributed by atoms with E-state index >= 15 is 0 Å². The SMILES string of the molecule is Cc1cc2c(cc1-c1n(-c3c(C(C)C)cccc3C(C)C)cc[n+]1C)-c1ccccc1-c1ccccc1-c1ccccc1-2. The molecular weight excluding hydrogens is 520 g/mol. The van der Waals surface area contributed by atoms with Crippen molar-refractivity contribution >= 4 is 0 Å². The standard InChI is InChI=1S/C41H39N2/c1-26(2)29-20-13-21-30(27(3)4)40(29)43-23-22-42(6)41(43)37-25-39-36-19-12-10-17-34(36)32-15-8-7-14-31(32)33-16-9-11-18-35(33)38(39)24-28(37)5/h7-27H,1-6H3/q+1. The van der Waals surface area contributed by atoms with E-state index in [1.807, 2.05) is 0 Å². The highest BCUT2D eigenvalue weighted by Crippen LogP contribution is 2.49. The van der Waals surface area contributed by atoms with Gasteiger partial charge in [-0.15, -0.1) is 0 Å². The van der Waals surface area contributed by atoms with Gasteiger partial charge in [-0.05, 0) is 81.0 Å². The van der Waals surface area contributed by atoms with Crippen molar-refractivity contribution in [3.8, 4) is 61.6 Å². The maximum absolute atomic E-state index is 2.45. The Kier molecular flexibility index (Phi) is 6.66. The Labute approximate surface area is 255 Å². The fourth-order valence-corrected chi connectivity index (χ4v) is 7.02. The zero-order valence-electron chi connectivity index (χ0n) is 26.0. The molecule has 0 radical (unpaired) electrons. The van der Waals surface area contributed by atoms with Crippen molar-refractivity contribution in [1.29, 1.82) is 0 Å². The molecule has 212 valence electrons. The Hall–Kier alpha value is -4.69. The normalized spacial score (nSPS) is 11.9. The summed E-state index contributed by atoms with van der Waals surface area (Å²) in [7, 11) is 2.18. The first kappa shape index (κ1) is 27.2. The maximum atomic E-state index is 2.45. The average Bonchev–Trinajstić information content (AvgIpc) is 3.40. The number of imidazole rings is 1. The van der Waals surface area contributed by atoms with Crippen LogP contribution >= 0.6 is 0 Å². The minimum atomic E-state index is 0.412. The third kappa shape index (κ3) is 4.36. The Morgan fingerprint density at radius 3 is 1.37 bits per heavy atom. The maximum Gasteiger partial charge on any atom is 0.294 e. The van der Waals surface area contributed by atoms with E-state index in [0.717, 1.165) is 0 Å². The van der Waals surface area contributed by atoms with Crippen molar-refractivity contribution < 1.29 is 4.57 Å². The summed E-state index contributed by atoms with van der Waals surface area (Å²) in [6.45, 7) is 11.5. The first-order valence-corrected chi connectivity index (χ1v) is 15.5. The summed E-state index contributed by atoms with van der Waals surface area (Å²) in [4.78, 5) is 0. The smallest absolute Gasteiger partial charge is 0.232 e. The third-order valence-electron chi connectivity index (χ3n) is 9.13. The van der Waals surface area contributed by atoms with Crippen molar-refractivity contribution in [2.45, 2.75) is 46.5 Å². The molecule has 0 spiro atoms. The molecule has 0 atom stereocenters. The molecule has 0 bridgehead atoms. The van der Waals surface area contributed by atoms with Gasteiger partial charge >= 0.3 is 0 Å². The van der Waals surface area contributed by atoms with Gasteiger partial charge in [0.2, 0.25) is 0 Å². The fraction of sp³-hybridized carbons (Fsp3) is 0.195. The van der Waals surface area contributed by atoms with E-state index in [1.54, 1.807) is 0 Å². The van der Waals surface area contributed by atoms with Crippen LogP contribution in [0, 0.1) is 6.92 Å². The van der Waals surface area contributed by atoms with Gasteiger partial charge in [0.15, 0.2) is 0 Å². The number of aryl methyl sites for hydroxylation is 2. The summed E-state index contributed by atoms with van der Waals surface area (Å²) in [5.74, 6) is 2.02. The predicted molar refractivity (Wildman–Crippen MR) is 181 cm³/mol. The van der Waals surface area contributed by atoms with Gasteiger partial charge in [-0.2, -0.15) is 4.57 Å². The molecule has 0 saturated heterocycles. The van der Waals surface area contributed by atoms with Crippen molar-refractivity contribution in [2.24, 2.45) is 7.05 Å². The second-order valence-corrected chi connectivity index (χ2v) is 12.5. The zero-order valence-corrected chi connectivity index (χ0v) is 26.0. The zero-order chi connectivity index (χ0) is 29.8. The quantitative estimate of drug-likeness (QED) is 0.190. The van der Waals surface area contributed by atoms with Gasteiger partial charge < -0.3 is 0 Å². The number of nitrogens with zero attached hydrogens (tertiary/aromatic N) is 2. The number of benzene rings is 5. The van der Waals surface area contributed by atoms with Crippen LogP contribution in [0.5, 0.6) is 0 Å². The molecule has 0 N–H and O–H groups in total. The van der Waals surface area contributed by atoms with Gasteiger partial charge in [0, 0.05) is 11.1 Å². The first-order valence-electron chi connectivity index (χ1n) is 15.5. The topological polar surface area (TPSA) is 8.81 Å². The van der Waals surface area contributed by atoms with Crippen LogP contribution < -0.4 is 4.57 Å². The lowest BCUT2D eigenvalue weighted by atomic mass is 9.79. The third-order valence-corrected chi connectivity index (χ3v) is 9.13. The molecule has 1 aliphatic carbocycles. The molecule has 1 heterocycles. The van der Waals surface area contributed by atoms with Gasteiger partial charge in [-0.3, -0.25) is 0 Å². The highest BCUT2D eigenvalue weighted by molar-refractivity contribution is 6.04. The molecule has 5 aromatic carbocycles. The monoisotopic (exact) mass is 559 g/mol. The summed E-state index contributed by atoms with van der Waals surface area (Å²) in [6, 6.07) is 38.4. The van der Waals surface area contributed by atoms with Crippen LogP contribution in [0.4, 0.5) is 0 Å². The van der Waals surface area contributed by atoms with Gasteiger partial charge in [-0.1, -0.05) is 119 Å². The van der Waals surface area contributed by atoms with E-state index in [4.69, 9.17) is 0 Å². The largest absolute Gasteiger partial charge is 0.294 e.